The molecule has 1 N–H and O–H groups in total. The molecule has 1 aromatic carbocycles. The molecule has 5 rings (SSSR count). The van der Waals surface area contributed by atoms with Crippen molar-refractivity contribution in [3.8, 4) is 0 Å². The molecule has 1 unspecified atom stereocenters. The van der Waals surface area contributed by atoms with E-state index in [4.69, 9.17) is 0 Å². The van der Waals surface area contributed by atoms with Gasteiger partial charge in [0.25, 0.3) is 0 Å². The molecule has 0 amide bonds. The van der Waals surface area contributed by atoms with Crippen LogP contribution < -0.4 is 5.32 Å². The van der Waals surface area contributed by atoms with Crippen molar-refractivity contribution in [1.82, 2.24) is 0 Å². The summed E-state index contributed by atoms with van der Waals surface area (Å²) in [5.74, 6) is 5.15. The zero-order valence-corrected chi connectivity index (χ0v) is 14.2. The molecule has 0 aromatic heterocycles. The van der Waals surface area contributed by atoms with E-state index in [0.717, 1.165) is 54.0 Å². The van der Waals surface area contributed by atoms with Gasteiger partial charge in [-0.3, -0.25) is 0 Å². The number of benzene rings is 1. The highest BCUT2D eigenvalue weighted by molar-refractivity contribution is 5.45. The first-order valence-corrected chi connectivity index (χ1v) is 9.31. The molecule has 1 atom stereocenters. The van der Waals surface area contributed by atoms with Crippen LogP contribution in [0.4, 0.5) is 18.9 Å². The summed E-state index contributed by atoms with van der Waals surface area (Å²) in [6, 6.07) is 5.42. The Labute approximate surface area is 142 Å². The second-order valence-electron chi connectivity index (χ2n) is 8.44. The Kier molecular flexibility index (Phi) is 4.04. The van der Waals surface area contributed by atoms with Crippen molar-refractivity contribution in [2.24, 2.45) is 35.5 Å². The molecule has 1 aromatic rings. The third kappa shape index (κ3) is 3.04. The van der Waals surface area contributed by atoms with Crippen LogP contribution in [-0.4, -0.2) is 6.54 Å². The summed E-state index contributed by atoms with van der Waals surface area (Å²) in [5, 5.41) is 3.36. The molecule has 0 aliphatic heterocycles. The largest absolute Gasteiger partial charge is 0.416 e. The lowest BCUT2D eigenvalue weighted by molar-refractivity contribution is -0.137. The van der Waals surface area contributed by atoms with Gasteiger partial charge in [-0.1, -0.05) is 6.92 Å². The summed E-state index contributed by atoms with van der Waals surface area (Å²) in [7, 11) is 0. The van der Waals surface area contributed by atoms with E-state index in [2.05, 4.69) is 12.2 Å². The van der Waals surface area contributed by atoms with Gasteiger partial charge < -0.3 is 5.32 Å². The number of nitrogens with one attached hydrogen (secondary N) is 1. The van der Waals surface area contributed by atoms with Crippen molar-refractivity contribution >= 4 is 5.69 Å². The van der Waals surface area contributed by atoms with Gasteiger partial charge >= 0.3 is 6.18 Å². The monoisotopic (exact) mass is 337 g/mol. The van der Waals surface area contributed by atoms with Crippen molar-refractivity contribution in [3.63, 3.8) is 0 Å². The lowest BCUT2D eigenvalue weighted by atomic mass is 9.50. The van der Waals surface area contributed by atoms with Gasteiger partial charge in [-0.2, -0.15) is 13.2 Å². The average Bonchev–Trinajstić information content (AvgIpc) is 2.51. The number of hydrogen-bond acceptors (Lipinski definition) is 1. The summed E-state index contributed by atoms with van der Waals surface area (Å²) in [6.07, 6.45) is 2.89. The van der Waals surface area contributed by atoms with E-state index in [1.807, 2.05) is 0 Å². The maximum absolute atomic E-state index is 12.6. The normalized spacial score (nSPS) is 35.9. The first kappa shape index (κ1) is 16.3. The Morgan fingerprint density at radius 1 is 0.958 bits per heavy atom. The SMILES string of the molecule is CC(CNc1ccc(C(F)(F)F)cc1)C1C2CC3CC(C2)CC1C3. The Hall–Kier alpha value is -1.19. The second kappa shape index (κ2) is 5.96. The minimum atomic E-state index is -4.26. The molecule has 0 heterocycles. The average molecular weight is 337 g/mol. The van der Waals surface area contributed by atoms with Crippen LogP contribution in [0.25, 0.3) is 0 Å². The Balaban J connectivity index is 1.36. The van der Waals surface area contributed by atoms with Crippen LogP contribution in [0.5, 0.6) is 0 Å². The van der Waals surface area contributed by atoms with Gasteiger partial charge in [0.05, 0.1) is 5.56 Å². The lowest BCUT2D eigenvalue weighted by Crippen LogP contribution is -2.48. The molecule has 4 aliphatic rings. The molecule has 4 bridgehead atoms. The van der Waals surface area contributed by atoms with Crippen molar-refractivity contribution < 1.29 is 13.2 Å². The molecule has 24 heavy (non-hydrogen) atoms. The number of hydrogen-bond donors (Lipinski definition) is 1. The van der Waals surface area contributed by atoms with Gasteiger partial charge in [0.2, 0.25) is 0 Å². The fourth-order valence-corrected chi connectivity index (χ4v) is 6.09. The van der Waals surface area contributed by atoms with Gasteiger partial charge in [-0.05, 0) is 91.9 Å². The van der Waals surface area contributed by atoms with Gasteiger partial charge in [0.15, 0.2) is 0 Å². The van der Waals surface area contributed by atoms with E-state index in [-0.39, 0.29) is 0 Å². The standard InChI is InChI=1S/C20H26F3N/c1-12(11-24-18-4-2-17(3-5-18)20(21,22)23)19-15-7-13-6-14(9-15)10-16(19)8-13/h2-5,12-16,19,24H,6-11H2,1H3. The maximum atomic E-state index is 12.6. The third-order valence-electron chi connectivity index (χ3n) is 6.80. The summed E-state index contributed by atoms with van der Waals surface area (Å²) in [6.45, 7) is 3.18. The summed E-state index contributed by atoms with van der Waals surface area (Å²) >= 11 is 0. The molecule has 0 spiro atoms. The zero-order chi connectivity index (χ0) is 16.9. The topological polar surface area (TPSA) is 12.0 Å². The van der Waals surface area contributed by atoms with Crippen LogP contribution in [0.3, 0.4) is 0 Å². The number of anilines is 1. The van der Waals surface area contributed by atoms with Crippen LogP contribution in [0.15, 0.2) is 24.3 Å². The molecule has 4 aliphatic carbocycles. The van der Waals surface area contributed by atoms with Crippen LogP contribution >= 0.6 is 0 Å². The molecule has 132 valence electrons. The van der Waals surface area contributed by atoms with Crippen LogP contribution in [0, 0.1) is 35.5 Å². The third-order valence-corrected chi connectivity index (χ3v) is 6.80. The van der Waals surface area contributed by atoms with Gasteiger partial charge in [0, 0.05) is 12.2 Å². The minimum absolute atomic E-state index is 0.581. The van der Waals surface area contributed by atoms with Crippen LogP contribution in [0.2, 0.25) is 0 Å². The van der Waals surface area contributed by atoms with E-state index < -0.39 is 11.7 Å². The number of halogens is 3. The second-order valence-corrected chi connectivity index (χ2v) is 8.44. The molecule has 0 radical (unpaired) electrons. The van der Waals surface area contributed by atoms with Crippen LogP contribution in [0.1, 0.15) is 44.6 Å². The highest BCUT2D eigenvalue weighted by atomic mass is 19.4. The molecule has 1 nitrogen and oxygen atoms in total. The molecule has 0 saturated heterocycles. The van der Waals surface area contributed by atoms with Crippen molar-refractivity contribution in [2.75, 3.05) is 11.9 Å². The number of alkyl halides is 3. The Bertz CT molecular complexity index is 550. The fourth-order valence-electron chi connectivity index (χ4n) is 6.09. The highest BCUT2D eigenvalue weighted by Crippen LogP contribution is 2.58. The van der Waals surface area contributed by atoms with E-state index >= 15 is 0 Å². The highest BCUT2D eigenvalue weighted by Gasteiger charge is 2.49. The quantitative estimate of drug-likeness (QED) is 0.729. The van der Waals surface area contributed by atoms with Crippen LogP contribution in [-0.2, 0) is 6.18 Å². The minimum Gasteiger partial charge on any atom is -0.385 e. The predicted octanol–water partition coefficient (Wildman–Crippen LogP) is 5.83. The molecule has 4 fully saturated rings. The van der Waals surface area contributed by atoms with E-state index in [1.54, 1.807) is 12.1 Å². The van der Waals surface area contributed by atoms with E-state index in [9.17, 15) is 13.2 Å². The van der Waals surface area contributed by atoms with Gasteiger partial charge in [0.1, 0.15) is 0 Å². The number of rotatable bonds is 4. The van der Waals surface area contributed by atoms with Crippen molar-refractivity contribution in [1.29, 1.82) is 0 Å². The predicted molar refractivity (Wildman–Crippen MR) is 89.6 cm³/mol. The smallest absolute Gasteiger partial charge is 0.385 e. The van der Waals surface area contributed by atoms with Crippen molar-refractivity contribution in [3.05, 3.63) is 29.8 Å². The lowest BCUT2D eigenvalue weighted by Gasteiger charge is -2.56. The van der Waals surface area contributed by atoms with Gasteiger partial charge in [-0.25, -0.2) is 0 Å². The first-order chi connectivity index (χ1) is 11.4. The molecular weight excluding hydrogens is 311 g/mol. The zero-order valence-electron chi connectivity index (χ0n) is 14.2. The molecule has 4 saturated carbocycles. The van der Waals surface area contributed by atoms with Crippen molar-refractivity contribution in [2.45, 2.75) is 45.2 Å². The molecule has 4 heteroatoms. The van der Waals surface area contributed by atoms with E-state index in [0.29, 0.717) is 5.92 Å². The summed E-state index contributed by atoms with van der Waals surface area (Å²) < 4.78 is 37.9. The summed E-state index contributed by atoms with van der Waals surface area (Å²) in [4.78, 5) is 0. The van der Waals surface area contributed by atoms with Gasteiger partial charge in [-0.15, -0.1) is 0 Å². The Morgan fingerprint density at radius 2 is 1.50 bits per heavy atom. The van der Waals surface area contributed by atoms with E-state index in [1.165, 1.54) is 32.1 Å². The maximum Gasteiger partial charge on any atom is 0.416 e. The fraction of sp³-hybridized carbons (Fsp3) is 0.700. The molecular formula is C20H26F3N. The summed E-state index contributed by atoms with van der Waals surface area (Å²) in [5.41, 5.74) is 0.209. The Morgan fingerprint density at radius 3 is 2.00 bits per heavy atom. The first-order valence-electron chi connectivity index (χ1n) is 9.31.